The van der Waals surface area contributed by atoms with Crippen molar-refractivity contribution in [3.05, 3.63) is 65.6 Å². The predicted molar refractivity (Wildman–Crippen MR) is 112 cm³/mol. The third-order valence-electron chi connectivity index (χ3n) is 6.62. The summed E-state index contributed by atoms with van der Waals surface area (Å²) in [5, 5.41) is 6.50. The number of carbonyl (C=O) groups excluding carboxylic acids is 1. The second kappa shape index (κ2) is 8.58. The van der Waals surface area contributed by atoms with Crippen LogP contribution in [-0.4, -0.2) is 27.4 Å². The first-order valence-corrected chi connectivity index (χ1v) is 11.0. The van der Waals surface area contributed by atoms with E-state index in [2.05, 4.69) is 5.10 Å². The zero-order valence-electron chi connectivity index (χ0n) is 17.5. The quantitative estimate of drug-likeness (QED) is 0.559. The first kappa shape index (κ1) is 21.0. The van der Waals surface area contributed by atoms with Crippen LogP contribution in [0.1, 0.15) is 43.7 Å². The molecule has 0 spiro atoms. The summed E-state index contributed by atoms with van der Waals surface area (Å²) < 4.78 is 42.6. The summed E-state index contributed by atoms with van der Waals surface area (Å²) in [7, 11) is 0. The summed E-state index contributed by atoms with van der Waals surface area (Å²) >= 11 is 0. The molecule has 1 aromatic heterocycles. The molecular formula is C24H24F3N3O2. The van der Waals surface area contributed by atoms with Crippen molar-refractivity contribution in [2.75, 3.05) is 6.61 Å². The zero-order valence-corrected chi connectivity index (χ0v) is 17.5. The second-order valence-electron chi connectivity index (χ2n) is 8.75. The van der Waals surface area contributed by atoms with Crippen molar-refractivity contribution in [1.82, 2.24) is 14.8 Å². The maximum absolute atomic E-state index is 13.7. The van der Waals surface area contributed by atoms with Crippen molar-refractivity contribution in [3.63, 3.8) is 0 Å². The van der Waals surface area contributed by atoms with E-state index in [9.17, 15) is 18.0 Å². The van der Waals surface area contributed by atoms with Gasteiger partial charge in [0.2, 0.25) is 5.91 Å². The number of fused-ring (bicyclic) bond motifs is 1. The van der Waals surface area contributed by atoms with Crippen molar-refractivity contribution in [1.29, 1.82) is 0 Å². The molecule has 2 aliphatic rings. The molecule has 168 valence electrons. The van der Waals surface area contributed by atoms with Crippen molar-refractivity contribution in [2.24, 2.45) is 11.8 Å². The van der Waals surface area contributed by atoms with Gasteiger partial charge >= 0.3 is 0 Å². The highest BCUT2D eigenvalue weighted by atomic mass is 19.1. The number of aromatic nitrogens is 2. The van der Waals surface area contributed by atoms with E-state index in [-0.39, 0.29) is 17.6 Å². The molecule has 5 rings (SSSR count). The lowest BCUT2D eigenvalue weighted by Gasteiger charge is -2.32. The molecule has 2 fully saturated rings. The average molecular weight is 443 g/mol. The Balaban J connectivity index is 1.22. The molecular weight excluding hydrogens is 419 g/mol. The van der Waals surface area contributed by atoms with E-state index in [1.54, 1.807) is 12.3 Å². The Morgan fingerprint density at radius 2 is 1.72 bits per heavy atom. The van der Waals surface area contributed by atoms with Gasteiger partial charge in [0.25, 0.3) is 0 Å². The summed E-state index contributed by atoms with van der Waals surface area (Å²) in [6, 6.07) is 7.54. The van der Waals surface area contributed by atoms with Crippen LogP contribution >= 0.6 is 0 Å². The third-order valence-corrected chi connectivity index (χ3v) is 6.62. The van der Waals surface area contributed by atoms with Crippen LogP contribution in [0.2, 0.25) is 0 Å². The highest BCUT2D eigenvalue weighted by Crippen LogP contribution is 2.37. The van der Waals surface area contributed by atoms with Gasteiger partial charge in [0.15, 0.2) is 0 Å². The molecule has 3 aromatic rings. The van der Waals surface area contributed by atoms with E-state index in [0.29, 0.717) is 24.5 Å². The maximum Gasteiger partial charge on any atom is 0.249 e. The molecule has 1 amide bonds. The minimum Gasteiger partial charge on any atom is -0.272 e. The van der Waals surface area contributed by atoms with E-state index < -0.39 is 17.7 Å². The van der Waals surface area contributed by atoms with E-state index in [1.807, 2.05) is 4.68 Å². The molecule has 0 radical (unpaired) electrons. The van der Waals surface area contributed by atoms with Crippen LogP contribution < -0.4 is 0 Å². The molecule has 1 aliphatic heterocycles. The first-order valence-electron chi connectivity index (χ1n) is 11.0. The van der Waals surface area contributed by atoms with Crippen LogP contribution in [0.15, 0.2) is 42.6 Å². The van der Waals surface area contributed by atoms with Crippen molar-refractivity contribution >= 4 is 16.8 Å². The Morgan fingerprint density at radius 1 is 0.969 bits per heavy atom. The minimum atomic E-state index is -0.659. The molecule has 1 aliphatic carbocycles. The number of hydrogen-bond donors (Lipinski definition) is 0. The molecule has 0 bridgehead atoms. The van der Waals surface area contributed by atoms with E-state index in [0.717, 1.165) is 49.2 Å². The smallest absolute Gasteiger partial charge is 0.249 e. The number of amides is 1. The molecule has 32 heavy (non-hydrogen) atoms. The second-order valence-corrected chi connectivity index (χ2v) is 8.75. The predicted octanol–water partition coefficient (Wildman–Crippen LogP) is 5.17. The monoisotopic (exact) mass is 443 g/mol. The van der Waals surface area contributed by atoms with Gasteiger partial charge in [-0.2, -0.15) is 5.10 Å². The number of carbonyl (C=O) groups is 1. The van der Waals surface area contributed by atoms with Crippen molar-refractivity contribution < 1.29 is 22.8 Å². The number of hydroxylamine groups is 2. The molecule has 1 saturated heterocycles. The SMILES string of the molecule is O=C([C@H]1CC[C@H](Cn2ncc3cc(F)ccc32)CC1)N1OCC[C@H]1c1cc(F)cc(F)c1. The Labute approximate surface area is 183 Å². The average Bonchev–Trinajstić information content (AvgIpc) is 3.40. The van der Waals surface area contributed by atoms with E-state index in [4.69, 9.17) is 4.84 Å². The molecule has 8 heteroatoms. The summed E-state index contributed by atoms with van der Waals surface area (Å²) in [6.45, 7) is 1.07. The van der Waals surface area contributed by atoms with Gasteiger partial charge in [0.1, 0.15) is 17.5 Å². The summed E-state index contributed by atoms with van der Waals surface area (Å²) in [6.07, 6.45) is 5.37. The standard InChI is InChI=1S/C24H24F3N3O2/c25-19-5-6-22-18(11-19)13-28-29(22)14-15-1-3-16(4-2-15)24(31)30-23(7-8-32-30)17-9-20(26)12-21(27)10-17/h5-6,9-13,15-16,23H,1-4,7-8,14H2/t15-,16-,23-/m0/s1. The lowest BCUT2D eigenvalue weighted by atomic mass is 9.81. The summed E-state index contributed by atoms with van der Waals surface area (Å²) in [4.78, 5) is 18.7. The fourth-order valence-corrected chi connectivity index (χ4v) is 4.98. The van der Waals surface area contributed by atoms with Gasteiger partial charge < -0.3 is 0 Å². The van der Waals surface area contributed by atoms with Crippen LogP contribution in [0.5, 0.6) is 0 Å². The van der Waals surface area contributed by atoms with E-state index in [1.165, 1.54) is 29.3 Å². The number of nitrogens with zero attached hydrogens (tertiary/aromatic N) is 3. The summed E-state index contributed by atoms with van der Waals surface area (Å²) in [5.41, 5.74) is 1.32. The van der Waals surface area contributed by atoms with Gasteiger partial charge in [-0.05, 0) is 67.5 Å². The van der Waals surface area contributed by atoms with Gasteiger partial charge in [-0.1, -0.05) is 0 Å². The molecule has 0 unspecified atom stereocenters. The lowest BCUT2D eigenvalue weighted by molar-refractivity contribution is -0.183. The van der Waals surface area contributed by atoms with Crippen molar-refractivity contribution in [2.45, 2.75) is 44.7 Å². The highest BCUT2D eigenvalue weighted by Gasteiger charge is 2.37. The Morgan fingerprint density at radius 3 is 2.47 bits per heavy atom. The van der Waals surface area contributed by atoms with Gasteiger partial charge in [-0.25, -0.2) is 18.2 Å². The largest absolute Gasteiger partial charge is 0.272 e. The fourth-order valence-electron chi connectivity index (χ4n) is 4.98. The molecule has 1 saturated carbocycles. The zero-order chi connectivity index (χ0) is 22.2. The van der Waals surface area contributed by atoms with Crippen LogP contribution in [0.4, 0.5) is 13.2 Å². The lowest BCUT2D eigenvalue weighted by Crippen LogP contribution is -2.37. The van der Waals surface area contributed by atoms with Gasteiger partial charge in [0.05, 0.1) is 24.4 Å². The van der Waals surface area contributed by atoms with Gasteiger partial charge in [-0.3, -0.25) is 14.3 Å². The first-order chi connectivity index (χ1) is 15.5. The minimum absolute atomic E-state index is 0.115. The molecule has 1 atom stereocenters. The third kappa shape index (κ3) is 4.11. The normalized spacial score (nSPS) is 23.7. The van der Waals surface area contributed by atoms with E-state index >= 15 is 0 Å². The molecule has 2 heterocycles. The number of halogens is 3. The van der Waals surface area contributed by atoms with Crippen molar-refractivity contribution in [3.8, 4) is 0 Å². The number of benzene rings is 2. The Bertz CT molecular complexity index is 1120. The molecule has 0 N–H and O–H groups in total. The van der Waals surface area contributed by atoms with Crippen LogP contribution in [-0.2, 0) is 16.2 Å². The number of rotatable bonds is 4. The maximum atomic E-state index is 13.7. The Hall–Kier alpha value is -2.87. The van der Waals surface area contributed by atoms with Crippen LogP contribution in [0.3, 0.4) is 0 Å². The van der Waals surface area contributed by atoms with Crippen LogP contribution in [0, 0.1) is 29.3 Å². The molecule has 2 aromatic carbocycles. The fraction of sp³-hybridized carbons (Fsp3) is 0.417. The molecule has 5 nitrogen and oxygen atoms in total. The summed E-state index contributed by atoms with van der Waals surface area (Å²) in [5.74, 6) is -1.51. The highest BCUT2D eigenvalue weighted by molar-refractivity contribution is 5.79. The van der Waals surface area contributed by atoms with Gasteiger partial charge in [0, 0.05) is 30.3 Å². The number of hydrogen-bond acceptors (Lipinski definition) is 3. The van der Waals surface area contributed by atoms with Crippen LogP contribution in [0.25, 0.3) is 10.9 Å². The Kier molecular flexibility index (Phi) is 5.63. The topological polar surface area (TPSA) is 47.4 Å². The van der Waals surface area contributed by atoms with Gasteiger partial charge in [-0.15, -0.1) is 0 Å².